The highest BCUT2D eigenvalue weighted by atomic mass is 32.1. The van der Waals surface area contributed by atoms with Crippen LogP contribution in [0.2, 0.25) is 0 Å². The Balaban J connectivity index is 2.33. The molecule has 0 aliphatic heterocycles. The van der Waals surface area contributed by atoms with Gasteiger partial charge >= 0.3 is 0 Å². The molecule has 0 unspecified atom stereocenters. The van der Waals surface area contributed by atoms with Crippen molar-refractivity contribution in [1.82, 2.24) is 4.98 Å². The van der Waals surface area contributed by atoms with Crippen LogP contribution in [-0.2, 0) is 4.74 Å². The van der Waals surface area contributed by atoms with Crippen molar-refractivity contribution in [3.8, 4) is 0 Å². The molecule has 2 rings (SSSR count). The molecule has 2 aromatic rings. The number of nitrogen functional groups attached to an aromatic ring is 1. The lowest BCUT2D eigenvalue weighted by Crippen LogP contribution is -2.23. The van der Waals surface area contributed by atoms with Gasteiger partial charge in [0.1, 0.15) is 5.52 Å². The first-order valence-corrected chi connectivity index (χ1v) is 5.93. The van der Waals surface area contributed by atoms with Crippen molar-refractivity contribution in [2.45, 2.75) is 0 Å². The number of thiazole rings is 1. The molecule has 0 bridgehead atoms. The molecule has 0 saturated carbocycles. The third-order valence-electron chi connectivity index (χ3n) is 2.56. The predicted octanol–water partition coefficient (Wildman–Crippen LogP) is 1.96. The SMILES string of the molecule is COCCN(C)c1ccc2scnc2c1N. The molecule has 0 aliphatic rings. The van der Waals surface area contributed by atoms with Crippen molar-refractivity contribution in [2.24, 2.45) is 0 Å². The van der Waals surface area contributed by atoms with E-state index in [4.69, 9.17) is 10.5 Å². The van der Waals surface area contributed by atoms with E-state index in [1.165, 1.54) is 0 Å². The number of methoxy groups -OCH3 is 1. The lowest BCUT2D eigenvalue weighted by atomic mass is 10.2. The zero-order valence-electron chi connectivity index (χ0n) is 9.43. The van der Waals surface area contributed by atoms with Crippen LogP contribution in [-0.4, -0.2) is 32.3 Å². The number of nitrogens with zero attached hydrogens (tertiary/aromatic N) is 2. The van der Waals surface area contributed by atoms with Crippen molar-refractivity contribution in [2.75, 3.05) is 37.9 Å². The van der Waals surface area contributed by atoms with E-state index >= 15 is 0 Å². The van der Waals surface area contributed by atoms with E-state index in [1.807, 2.05) is 18.6 Å². The van der Waals surface area contributed by atoms with Gasteiger partial charge in [-0.3, -0.25) is 0 Å². The maximum Gasteiger partial charge on any atom is 0.106 e. The van der Waals surface area contributed by atoms with Crippen LogP contribution >= 0.6 is 11.3 Å². The maximum absolute atomic E-state index is 6.10. The summed E-state index contributed by atoms with van der Waals surface area (Å²) in [5.41, 5.74) is 10.6. The number of hydrogen-bond donors (Lipinski definition) is 1. The van der Waals surface area contributed by atoms with Gasteiger partial charge in [0, 0.05) is 20.7 Å². The van der Waals surface area contributed by atoms with Gasteiger partial charge in [0.25, 0.3) is 0 Å². The summed E-state index contributed by atoms with van der Waals surface area (Å²) < 4.78 is 6.18. The van der Waals surface area contributed by atoms with Gasteiger partial charge in [-0.15, -0.1) is 11.3 Å². The molecule has 0 aliphatic carbocycles. The first kappa shape index (κ1) is 11.2. The molecule has 0 fully saturated rings. The van der Waals surface area contributed by atoms with Gasteiger partial charge in [0.2, 0.25) is 0 Å². The number of benzene rings is 1. The van der Waals surface area contributed by atoms with Crippen LogP contribution in [0.15, 0.2) is 17.6 Å². The van der Waals surface area contributed by atoms with E-state index in [-0.39, 0.29) is 0 Å². The molecule has 2 N–H and O–H groups in total. The minimum atomic E-state index is 0.686. The Hall–Kier alpha value is -1.33. The van der Waals surface area contributed by atoms with Crippen LogP contribution in [0.1, 0.15) is 0 Å². The molecule has 0 amide bonds. The van der Waals surface area contributed by atoms with Gasteiger partial charge in [-0.1, -0.05) is 0 Å². The minimum absolute atomic E-state index is 0.686. The third kappa shape index (κ3) is 1.96. The van der Waals surface area contributed by atoms with E-state index in [2.05, 4.69) is 16.0 Å². The zero-order valence-corrected chi connectivity index (χ0v) is 10.3. The van der Waals surface area contributed by atoms with Gasteiger partial charge in [-0.2, -0.15) is 0 Å². The summed E-state index contributed by atoms with van der Waals surface area (Å²) in [4.78, 5) is 6.36. The second kappa shape index (κ2) is 4.67. The van der Waals surface area contributed by atoms with Gasteiger partial charge in [-0.25, -0.2) is 4.98 Å². The summed E-state index contributed by atoms with van der Waals surface area (Å²) in [7, 11) is 3.70. The van der Waals surface area contributed by atoms with Crippen molar-refractivity contribution >= 4 is 32.9 Å². The molecule has 0 saturated heterocycles. The average Bonchev–Trinajstić information content (AvgIpc) is 2.75. The van der Waals surface area contributed by atoms with Gasteiger partial charge < -0.3 is 15.4 Å². The molecule has 86 valence electrons. The highest BCUT2D eigenvalue weighted by Gasteiger charge is 2.09. The highest BCUT2D eigenvalue weighted by molar-refractivity contribution is 7.16. The maximum atomic E-state index is 6.10. The standard InChI is InChI=1S/C11H15N3OS/c1-14(5-6-15-2)8-3-4-9-11(10(8)12)13-7-16-9/h3-4,7H,5-6,12H2,1-2H3. The van der Waals surface area contributed by atoms with Crippen LogP contribution in [0.5, 0.6) is 0 Å². The number of nitrogens with two attached hydrogens (primary N) is 1. The molecule has 16 heavy (non-hydrogen) atoms. The zero-order chi connectivity index (χ0) is 11.5. The summed E-state index contributed by atoms with van der Waals surface area (Å²) in [5, 5.41) is 0. The Morgan fingerprint density at radius 2 is 2.31 bits per heavy atom. The summed E-state index contributed by atoms with van der Waals surface area (Å²) in [6.07, 6.45) is 0. The second-order valence-corrected chi connectivity index (χ2v) is 4.50. The van der Waals surface area contributed by atoms with E-state index in [9.17, 15) is 0 Å². The Kier molecular flexibility index (Phi) is 3.26. The van der Waals surface area contributed by atoms with Crippen LogP contribution in [0, 0.1) is 0 Å². The fourth-order valence-corrected chi connectivity index (χ4v) is 2.32. The molecular weight excluding hydrogens is 222 g/mol. The largest absolute Gasteiger partial charge is 0.395 e. The van der Waals surface area contributed by atoms with Crippen LogP contribution < -0.4 is 10.6 Å². The Morgan fingerprint density at radius 1 is 1.50 bits per heavy atom. The van der Waals surface area contributed by atoms with Crippen molar-refractivity contribution < 1.29 is 4.74 Å². The fourth-order valence-electron chi connectivity index (χ4n) is 1.62. The summed E-state index contributed by atoms with van der Waals surface area (Å²) >= 11 is 1.61. The average molecular weight is 237 g/mol. The van der Waals surface area contributed by atoms with Crippen molar-refractivity contribution in [1.29, 1.82) is 0 Å². The number of hydrogen-bond acceptors (Lipinski definition) is 5. The lowest BCUT2D eigenvalue weighted by molar-refractivity contribution is 0.206. The van der Waals surface area contributed by atoms with E-state index in [0.29, 0.717) is 6.61 Å². The summed E-state index contributed by atoms with van der Waals surface area (Å²) in [6.45, 7) is 1.50. The highest BCUT2D eigenvalue weighted by Crippen LogP contribution is 2.31. The number of ether oxygens (including phenoxy) is 1. The fraction of sp³-hybridized carbons (Fsp3) is 0.364. The smallest absolute Gasteiger partial charge is 0.106 e. The topological polar surface area (TPSA) is 51.4 Å². The molecule has 0 radical (unpaired) electrons. The second-order valence-electron chi connectivity index (χ2n) is 3.61. The molecule has 0 atom stereocenters. The molecule has 1 aromatic carbocycles. The number of aromatic nitrogens is 1. The monoisotopic (exact) mass is 237 g/mol. The lowest BCUT2D eigenvalue weighted by Gasteiger charge is -2.20. The Bertz CT molecular complexity index is 483. The Morgan fingerprint density at radius 3 is 3.06 bits per heavy atom. The summed E-state index contributed by atoms with van der Waals surface area (Å²) in [5.74, 6) is 0. The quantitative estimate of drug-likeness (QED) is 0.826. The van der Waals surface area contributed by atoms with E-state index in [1.54, 1.807) is 18.4 Å². The van der Waals surface area contributed by atoms with Crippen LogP contribution in [0.3, 0.4) is 0 Å². The van der Waals surface area contributed by atoms with Crippen LogP contribution in [0.4, 0.5) is 11.4 Å². The number of likely N-dealkylation sites (N-methyl/N-ethyl adjacent to an activating group) is 1. The number of rotatable bonds is 4. The van der Waals surface area contributed by atoms with E-state index in [0.717, 1.165) is 28.1 Å². The summed E-state index contributed by atoms with van der Waals surface area (Å²) in [6, 6.07) is 4.09. The Labute approximate surface area is 98.6 Å². The van der Waals surface area contributed by atoms with Crippen molar-refractivity contribution in [3.63, 3.8) is 0 Å². The van der Waals surface area contributed by atoms with E-state index < -0.39 is 0 Å². The first-order chi connectivity index (χ1) is 7.74. The molecular formula is C11H15N3OS. The molecule has 0 spiro atoms. The normalized spacial score (nSPS) is 10.9. The molecule has 1 heterocycles. The van der Waals surface area contributed by atoms with Gasteiger partial charge in [0.15, 0.2) is 0 Å². The number of fused-ring (bicyclic) bond motifs is 1. The van der Waals surface area contributed by atoms with Crippen LogP contribution in [0.25, 0.3) is 10.2 Å². The third-order valence-corrected chi connectivity index (χ3v) is 3.35. The molecule has 1 aromatic heterocycles. The van der Waals surface area contributed by atoms with Crippen molar-refractivity contribution in [3.05, 3.63) is 17.6 Å². The van der Waals surface area contributed by atoms with Gasteiger partial charge in [-0.05, 0) is 12.1 Å². The van der Waals surface area contributed by atoms with Gasteiger partial charge in [0.05, 0.1) is 28.2 Å². The molecule has 5 heteroatoms. The molecule has 4 nitrogen and oxygen atoms in total. The minimum Gasteiger partial charge on any atom is -0.395 e. The number of anilines is 2. The predicted molar refractivity (Wildman–Crippen MR) is 69.2 cm³/mol. The first-order valence-electron chi connectivity index (χ1n) is 5.05.